The van der Waals surface area contributed by atoms with Crippen molar-refractivity contribution in [3.05, 3.63) is 54.1 Å². The molecular weight excluding hydrogens is 430 g/mol. The molecule has 1 atom stereocenters. The van der Waals surface area contributed by atoms with Gasteiger partial charge in [-0.2, -0.15) is 5.21 Å². The predicted molar refractivity (Wildman–Crippen MR) is 129 cm³/mol. The third-order valence-electron chi connectivity index (χ3n) is 6.88. The molecule has 3 N–H and O–H groups in total. The molecule has 0 aliphatic heterocycles. The fourth-order valence-electron chi connectivity index (χ4n) is 4.90. The molecule has 4 rings (SSSR count). The zero-order chi connectivity index (χ0) is 24.0. The number of aromatic nitrogens is 4. The first-order valence-electron chi connectivity index (χ1n) is 12.0. The molecule has 1 aliphatic carbocycles. The Kier molecular flexibility index (Phi) is 7.35. The molecule has 1 aromatic heterocycles. The largest absolute Gasteiger partial charge is 0.481 e. The number of nitrogens with one attached hydrogen (secondary N) is 2. The summed E-state index contributed by atoms with van der Waals surface area (Å²) in [6.07, 6.45) is 5.34. The minimum Gasteiger partial charge on any atom is -0.481 e. The van der Waals surface area contributed by atoms with E-state index in [1.165, 1.54) is 0 Å². The standard InChI is InChI=1S/C26H31N5O3/c1-2-7-20(24(32)27-17-26(25(33)34)14-5-6-15-26)16-18-10-12-19(13-11-18)21-8-3-4-9-22(21)23-28-30-31-29-23/h3-4,8-13,20H,2,5-7,14-17H2,1H3,(H,27,32)(H,33,34)(H,28,29,30,31). The number of aliphatic carboxylic acids is 1. The van der Waals surface area contributed by atoms with Gasteiger partial charge in [-0.05, 0) is 47.6 Å². The van der Waals surface area contributed by atoms with E-state index in [2.05, 4.69) is 32.9 Å². The fraction of sp³-hybridized carbons (Fsp3) is 0.423. The van der Waals surface area contributed by atoms with Crippen molar-refractivity contribution in [2.24, 2.45) is 11.3 Å². The summed E-state index contributed by atoms with van der Waals surface area (Å²) in [4.78, 5) is 24.8. The Bertz CT molecular complexity index is 1110. The second-order valence-corrected chi connectivity index (χ2v) is 9.18. The van der Waals surface area contributed by atoms with E-state index in [1.54, 1.807) is 0 Å². The summed E-state index contributed by atoms with van der Waals surface area (Å²) in [5, 5.41) is 27.0. The molecule has 2 aromatic carbocycles. The van der Waals surface area contributed by atoms with Crippen molar-refractivity contribution < 1.29 is 14.7 Å². The second-order valence-electron chi connectivity index (χ2n) is 9.18. The number of carboxylic acids is 1. The molecule has 0 spiro atoms. The van der Waals surface area contributed by atoms with Gasteiger partial charge in [0.15, 0.2) is 0 Å². The molecule has 178 valence electrons. The summed E-state index contributed by atoms with van der Waals surface area (Å²) in [6.45, 7) is 2.28. The van der Waals surface area contributed by atoms with Gasteiger partial charge in [0.25, 0.3) is 0 Å². The minimum absolute atomic E-state index is 0.0547. The lowest BCUT2D eigenvalue weighted by atomic mass is 9.85. The summed E-state index contributed by atoms with van der Waals surface area (Å²) in [6, 6.07) is 16.1. The van der Waals surface area contributed by atoms with Crippen LogP contribution in [0.1, 0.15) is 51.0 Å². The van der Waals surface area contributed by atoms with Crippen molar-refractivity contribution in [2.45, 2.75) is 51.9 Å². The SMILES string of the molecule is CCCC(Cc1ccc(-c2ccccc2-c2nn[nH]n2)cc1)C(=O)NCC1(C(=O)O)CCCC1. The monoisotopic (exact) mass is 461 g/mol. The van der Waals surface area contributed by atoms with Crippen LogP contribution >= 0.6 is 0 Å². The number of tetrazole rings is 1. The first-order valence-corrected chi connectivity index (χ1v) is 12.0. The smallest absolute Gasteiger partial charge is 0.311 e. The number of hydrogen-bond acceptors (Lipinski definition) is 5. The lowest BCUT2D eigenvalue weighted by Gasteiger charge is -2.25. The maximum absolute atomic E-state index is 13.0. The normalized spacial score (nSPS) is 15.7. The highest BCUT2D eigenvalue weighted by atomic mass is 16.4. The molecule has 1 saturated carbocycles. The van der Waals surface area contributed by atoms with Crippen LogP contribution in [0.15, 0.2) is 48.5 Å². The Balaban J connectivity index is 1.45. The fourth-order valence-corrected chi connectivity index (χ4v) is 4.90. The van der Waals surface area contributed by atoms with Gasteiger partial charge in [-0.25, -0.2) is 0 Å². The summed E-state index contributed by atoms with van der Waals surface area (Å²) in [5.74, 6) is -0.495. The molecule has 3 aromatic rings. The van der Waals surface area contributed by atoms with Crippen molar-refractivity contribution in [2.75, 3.05) is 6.54 Å². The van der Waals surface area contributed by atoms with Crippen LogP contribution in [0.25, 0.3) is 22.5 Å². The Morgan fingerprint density at radius 1 is 1.09 bits per heavy atom. The van der Waals surface area contributed by atoms with Crippen molar-refractivity contribution in [1.82, 2.24) is 25.9 Å². The van der Waals surface area contributed by atoms with E-state index < -0.39 is 11.4 Å². The van der Waals surface area contributed by atoms with Gasteiger partial charge in [0.1, 0.15) is 0 Å². The van der Waals surface area contributed by atoms with Crippen molar-refractivity contribution in [3.63, 3.8) is 0 Å². The van der Waals surface area contributed by atoms with Gasteiger partial charge >= 0.3 is 5.97 Å². The first-order chi connectivity index (χ1) is 16.5. The lowest BCUT2D eigenvalue weighted by Crippen LogP contribution is -2.43. The zero-order valence-corrected chi connectivity index (χ0v) is 19.5. The minimum atomic E-state index is -0.805. The highest BCUT2D eigenvalue weighted by Gasteiger charge is 2.41. The van der Waals surface area contributed by atoms with Crippen LogP contribution in [0.4, 0.5) is 0 Å². The lowest BCUT2D eigenvalue weighted by molar-refractivity contribution is -0.148. The number of H-pyrrole nitrogens is 1. The Morgan fingerprint density at radius 3 is 2.41 bits per heavy atom. The molecule has 1 heterocycles. The van der Waals surface area contributed by atoms with Gasteiger partial charge in [0.2, 0.25) is 11.7 Å². The van der Waals surface area contributed by atoms with Gasteiger partial charge in [-0.15, -0.1) is 10.2 Å². The third kappa shape index (κ3) is 5.16. The Labute approximate surface area is 199 Å². The number of hydrogen-bond donors (Lipinski definition) is 3. The van der Waals surface area contributed by atoms with E-state index >= 15 is 0 Å². The molecule has 0 radical (unpaired) electrons. The van der Waals surface area contributed by atoms with Crippen LogP contribution in [-0.2, 0) is 16.0 Å². The van der Waals surface area contributed by atoms with Crippen molar-refractivity contribution in [1.29, 1.82) is 0 Å². The van der Waals surface area contributed by atoms with Crippen LogP contribution in [0.5, 0.6) is 0 Å². The van der Waals surface area contributed by atoms with Crippen LogP contribution in [-0.4, -0.2) is 44.2 Å². The summed E-state index contributed by atoms with van der Waals surface area (Å²) >= 11 is 0. The van der Waals surface area contributed by atoms with E-state index in [9.17, 15) is 14.7 Å². The number of carbonyl (C=O) groups excluding carboxylic acids is 1. The number of nitrogens with zero attached hydrogens (tertiary/aromatic N) is 3. The number of benzene rings is 2. The van der Waals surface area contributed by atoms with Crippen molar-refractivity contribution in [3.8, 4) is 22.5 Å². The van der Waals surface area contributed by atoms with Gasteiger partial charge in [-0.1, -0.05) is 74.7 Å². The van der Waals surface area contributed by atoms with E-state index in [0.29, 0.717) is 25.1 Å². The topological polar surface area (TPSA) is 121 Å². The Morgan fingerprint density at radius 2 is 1.79 bits per heavy atom. The van der Waals surface area contributed by atoms with Crippen LogP contribution in [0, 0.1) is 11.3 Å². The summed E-state index contributed by atoms with van der Waals surface area (Å²) in [5.41, 5.74) is 3.20. The van der Waals surface area contributed by atoms with Crippen LogP contribution in [0.2, 0.25) is 0 Å². The quantitative estimate of drug-likeness (QED) is 0.415. The van der Waals surface area contributed by atoms with Gasteiger partial charge in [-0.3, -0.25) is 9.59 Å². The predicted octanol–water partition coefficient (Wildman–Crippen LogP) is 4.25. The maximum Gasteiger partial charge on any atom is 0.311 e. The highest BCUT2D eigenvalue weighted by molar-refractivity contribution is 5.82. The molecule has 1 unspecified atom stereocenters. The maximum atomic E-state index is 13.0. The average molecular weight is 462 g/mol. The van der Waals surface area contributed by atoms with Gasteiger partial charge in [0, 0.05) is 18.0 Å². The van der Waals surface area contributed by atoms with Crippen LogP contribution < -0.4 is 5.32 Å². The molecule has 8 heteroatoms. The third-order valence-corrected chi connectivity index (χ3v) is 6.88. The highest BCUT2D eigenvalue weighted by Crippen LogP contribution is 2.38. The van der Waals surface area contributed by atoms with E-state index in [1.807, 2.05) is 48.5 Å². The van der Waals surface area contributed by atoms with Gasteiger partial charge in [0.05, 0.1) is 5.41 Å². The van der Waals surface area contributed by atoms with E-state index in [-0.39, 0.29) is 18.4 Å². The van der Waals surface area contributed by atoms with Crippen molar-refractivity contribution >= 4 is 11.9 Å². The number of aromatic amines is 1. The molecule has 1 amide bonds. The second kappa shape index (κ2) is 10.6. The molecule has 0 bridgehead atoms. The van der Waals surface area contributed by atoms with Crippen LogP contribution in [0.3, 0.4) is 0 Å². The first kappa shape index (κ1) is 23.6. The molecule has 8 nitrogen and oxygen atoms in total. The number of rotatable bonds is 10. The molecular formula is C26H31N5O3. The van der Waals surface area contributed by atoms with Gasteiger partial charge < -0.3 is 10.4 Å². The molecule has 1 fully saturated rings. The average Bonchev–Trinajstić information content (AvgIpc) is 3.56. The molecule has 0 saturated heterocycles. The molecule has 1 aliphatic rings. The number of amides is 1. The number of carbonyl (C=O) groups is 2. The molecule has 34 heavy (non-hydrogen) atoms. The summed E-state index contributed by atoms with van der Waals surface area (Å²) in [7, 11) is 0. The van der Waals surface area contributed by atoms with E-state index in [0.717, 1.165) is 47.9 Å². The zero-order valence-electron chi connectivity index (χ0n) is 19.5. The Hall–Kier alpha value is -3.55. The summed E-state index contributed by atoms with van der Waals surface area (Å²) < 4.78 is 0. The number of carboxylic acid groups (broad SMARTS) is 1. The van der Waals surface area contributed by atoms with E-state index in [4.69, 9.17) is 0 Å².